The zero-order chi connectivity index (χ0) is 13.4. The van der Waals surface area contributed by atoms with Gasteiger partial charge < -0.3 is 4.74 Å². The van der Waals surface area contributed by atoms with Crippen LogP contribution in [0.25, 0.3) is 11.3 Å². The molecule has 0 saturated heterocycles. The van der Waals surface area contributed by atoms with Gasteiger partial charge in [0, 0.05) is 11.8 Å². The van der Waals surface area contributed by atoms with Gasteiger partial charge in [-0.15, -0.1) is 0 Å². The summed E-state index contributed by atoms with van der Waals surface area (Å²) in [7, 11) is 1.73. The third kappa shape index (κ3) is 2.25. The van der Waals surface area contributed by atoms with Gasteiger partial charge in [0.2, 0.25) is 0 Å². The van der Waals surface area contributed by atoms with Gasteiger partial charge in [-0.1, -0.05) is 6.92 Å². The highest BCUT2D eigenvalue weighted by molar-refractivity contribution is 5.66. The van der Waals surface area contributed by atoms with Crippen molar-refractivity contribution in [2.75, 3.05) is 7.11 Å². The van der Waals surface area contributed by atoms with E-state index in [-0.39, 0.29) is 0 Å². The predicted octanol–water partition coefficient (Wildman–Crippen LogP) is 3.76. The molecular formula is C16H20N2O. The van der Waals surface area contributed by atoms with Crippen molar-refractivity contribution in [3.8, 4) is 17.0 Å². The quantitative estimate of drug-likeness (QED) is 0.832. The maximum Gasteiger partial charge on any atom is 0.122 e. The van der Waals surface area contributed by atoms with Crippen LogP contribution < -0.4 is 4.74 Å². The number of nitrogens with zero attached hydrogens (tertiary/aromatic N) is 2. The van der Waals surface area contributed by atoms with Gasteiger partial charge in [-0.2, -0.15) is 5.10 Å². The van der Waals surface area contributed by atoms with Gasteiger partial charge in [0.1, 0.15) is 5.75 Å². The second-order valence-electron chi connectivity index (χ2n) is 5.24. The van der Waals surface area contributed by atoms with E-state index in [1.165, 1.54) is 24.0 Å². The zero-order valence-corrected chi connectivity index (χ0v) is 11.8. The molecule has 3 nitrogen and oxygen atoms in total. The zero-order valence-electron chi connectivity index (χ0n) is 11.8. The highest BCUT2D eigenvalue weighted by Gasteiger charge is 2.24. The first-order valence-electron chi connectivity index (χ1n) is 6.96. The molecule has 1 aromatic heterocycles. The number of hydrogen-bond donors (Lipinski definition) is 0. The van der Waals surface area contributed by atoms with Gasteiger partial charge in [0.05, 0.1) is 18.8 Å². The van der Waals surface area contributed by atoms with Crippen molar-refractivity contribution in [2.24, 2.45) is 0 Å². The lowest BCUT2D eigenvalue weighted by Crippen LogP contribution is -1.97. The maximum absolute atomic E-state index is 5.41. The van der Waals surface area contributed by atoms with Crippen LogP contribution >= 0.6 is 0 Å². The Labute approximate surface area is 114 Å². The molecule has 0 amide bonds. The average Bonchev–Trinajstić information content (AvgIpc) is 3.16. The van der Waals surface area contributed by atoms with Crippen LogP contribution in [-0.4, -0.2) is 16.9 Å². The van der Waals surface area contributed by atoms with Crippen LogP contribution in [0.4, 0.5) is 0 Å². The van der Waals surface area contributed by atoms with E-state index in [0.717, 1.165) is 23.4 Å². The number of rotatable bonds is 4. The standard InChI is InChI=1S/C16H20N2O/c1-4-12-10-16(19-3)11(2)9-14(12)15-7-8-18(17-15)13-5-6-13/h7-10,13H,4-6H2,1-3H3. The third-order valence-corrected chi connectivity index (χ3v) is 3.81. The fourth-order valence-corrected chi connectivity index (χ4v) is 2.51. The smallest absolute Gasteiger partial charge is 0.122 e. The summed E-state index contributed by atoms with van der Waals surface area (Å²) in [6, 6.07) is 7.09. The molecule has 0 N–H and O–H groups in total. The molecule has 1 aliphatic carbocycles. The lowest BCUT2D eigenvalue weighted by Gasteiger charge is -2.11. The van der Waals surface area contributed by atoms with Crippen LogP contribution in [0.1, 0.15) is 36.9 Å². The highest BCUT2D eigenvalue weighted by atomic mass is 16.5. The van der Waals surface area contributed by atoms with Crippen molar-refractivity contribution in [2.45, 2.75) is 39.2 Å². The fraction of sp³-hybridized carbons (Fsp3) is 0.438. The van der Waals surface area contributed by atoms with Gasteiger partial charge in [-0.25, -0.2) is 0 Å². The molecule has 1 fully saturated rings. The van der Waals surface area contributed by atoms with E-state index >= 15 is 0 Å². The second kappa shape index (κ2) is 4.72. The van der Waals surface area contributed by atoms with Crippen LogP contribution in [-0.2, 0) is 6.42 Å². The molecule has 19 heavy (non-hydrogen) atoms. The summed E-state index contributed by atoms with van der Waals surface area (Å²) in [6.07, 6.45) is 5.63. The van der Waals surface area contributed by atoms with E-state index in [4.69, 9.17) is 9.84 Å². The van der Waals surface area contributed by atoms with E-state index in [1.807, 2.05) is 0 Å². The Hall–Kier alpha value is -1.77. The topological polar surface area (TPSA) is 27.1 Å². The van der Waals surface area contributed by atoms with Crippen LogP contribution in [0.3, 0.4) is 0 Å². The van der Waals surface area contributed by atoms with Crippen LogP contribution in [0.15, 0.2) is 24.4 Å². The molecule has 0 aliphatic heterocycles. The van der Waals surface area contributed by atoms with E-state index in [0.29, 0.717) is 6.04 Å². The largest absolute Gasteiger partial charge is 0.496 e. The Balaban J connectivity index is 2.04. The summed E-state index contributed by atoms with van der Waals surface area (Å²) in [5.74, 6) is 0.960. The maximum atomic E-state index is 5.41. The lowest BCUT2D eigenvalue weighted by atomic mass is 9.99. The minimum atomic E-state index is 0.637. The molecule has 1 heterocycles. The molecule has 0 bridgehead atoms. The molecule has 0 unspecified atom stereocenters. The summed E-state index contributed by atoms with van der Waals surface area (Å²) in [5, 5.41) is 4.72. The summed E-state index contributed by atoms with van der Waals surface area (Å²) in [5.41, 5.74) is 4.77. The van der Waals surface area contributed by atoms with Crippen LogP contribution in [0.5, 0.6) is 5.75 Å². The van der Waals surface area contributed by atoms with Crippen molar-refractivity contribution in [1.29, 1.82) is 0 Å². The Morgan fingerprint density at radius 1 is 1.37 bits per heavy atom. The molecule has 2 aromatic rings. The fourth-order valence-electron chi connectivity index (χ4n) is 2.51. The lowest BCUT2D eigenvalue weighted by molar-refractivity contribution is 0.411. The molecule has 0 spiro atoms. The van der Waals surface area contributed by atoms with Gasteiger partial charge in [-0.3, -0.25) is 4.68 Å². The van der Waals surface area contributed by atoms with Crippen LogP contribution in [0, 0.1) is 6.92 Å². The first-order chi connectivity index (χ1) is 9.22. The van der Waals surface area contributed by atoms with E-state index in [1.54, 1.807) is 7.11 Å². The third-order valence-electron chi connectivity index (χ3n) is 3.81. The summed E-state index contributed by atoms with van der Waals surface area (Å²) >= 11 is 0. The first kappa shape index (κ1) is 12.3. The number of methoxy groups -OCH3 is 1. The number of aromatic nitrogens is 2. The minimum absolute atomic E-state index is 0.637. The number of hydrogen-bond acceptors (Lipinski definition) is 2. The van der Waals surface area contributed by atoms with Gasteiger partial charge in [0.25, 0.3) is 0 Å². The molecule has 1 aromatic carbocycles. The Kier molecular flexibility index (Phi) is 3.05. The van der Waals surface area contributed by atoms with Gasteiger partial charge >= 0.3 is 0 Å². The van der Waals surface area contributed by atoms with Crippen molar-refractivity contribution in [3.63, 3.8) is 0 Å². The normalized spacial score (nSPS) is 14.7. The Morgan fingerprint density at radius 2 is 2.16 bits per heavy atom. The van der Waals surface area contributed by atoms with E-state index in [2.05, 4.69) is 42.9 Å². The van der Waals surface area contributed by atoms with Crippen molar-refractivity contribution < 1.29 is 4.74 Å². The number of aryl methyl sites for hydroxylation is 2. The number of benzene rings is 1. The van der Waals surface area contributed by atoms with Gasteiger partial charge in [0.15, 0.2) is 0 Å². The molecule has 100 valence electrons. The Morgan fingerprint density at radius 3 is 2.79 bits per heavy atom. The van der Waals surface area contributed by atoms with E-state index in [9.17, 15) is 0 Å². The van der Waals surface area contributed by atoms with E-state index < -0.39 is 0 Å². The molecule has 0 atom stereocenters. The minimum Gasteiger partial charge on any atom is -0.496 e. The molecule has 0 radical (unpaired) electrons. The summed E-state index contributed by atoms with van der Waals surface area (Å²) < 4.78 is 7.51. The summed E-state index contributed by atoms with van der Waals surface area (Å²) in [4.78, 5) is 0. The predicted molar refractivity (Wildman–Crippen MR) is 76.6 cm³/mol. The van der Waals surface area contributed by atoms with Crippen molar-refractivity contribution in [3.05, 3.63) is 35.5 Å². The molecule has 3 rings (SSSR count). The van der Waals surface area contributed by atoms with Crippen molar-refractivity contribution in [1.82, 2.24) is 9.78 Å². The van der Waals surface area contributed by atoms with Gasteiger partial charge in [-0.05, 0) is 55.5 Å². The van der Waals surface area contributed by atoms with Crippen molar-refractivity contribution >= 4 is 0 Å². The Bertz CT molecular complexity index is 597. The molecule has 1 saturated carbocycles. The highest BCUT2D eigenvalue weighted by Crippen LogP contribution is 2.36. The summed E-state index contributed by atoms with van der Waals surface area (Å²) in [6.45, 7) is 4.26. The molecular weight excluding hydrogens is 236 g/mol. The molecule has 1 aliphatic rings. The number of ether oxygens (including phenoxy) is 1. The SMILES string of the molecule is CCc1cc(OC)c(C)cc1-c1ccn(C2CC2)n1. The van der Waals surface area contributed by atoms with Crippen LogP contribution in [0.2, 0.25) is 0 Å². The second-order valence-corrected chi connectivity index (χ2v) is 5.24. The average molecular weight is 256 g/mol. The molecule has 3 heteroatoms. The monoisotopic (exact) mass is 256 g/mol. The first-order valence-corrected chi connectivity index (χ1v) is 6.96.